The summed E-state index contributed by atoms with van der Waals surface area (Å²) in [6.45, 7) is 2.58. The quantitative estimate of drug-likeness (QED) is 0.841. The molecule has 1 aliphatic rings. The van der Waals surface area contributed by atoms with Gasteiger partial charge in [0.2, 0.25) is 0 Å². The molecule has 1 unspecified atom stereocenters. The lowest BCUT2D eigenvalue weighted by atomic mass is 9.85. The second kappa shape index (κ2) is 7.04. The monoisotopic (exact) mass is 279 g/mol. The van der Waals surface area contributed by atoms with E-state index in [9.17, 15) is 5.11 Å². The zero-order chi connectivity index (χ0) is 14.4. The SMILES string of the molecule is CCOC1(C(O)c2ncccc2OC)CCCCCC1. The molecule has 1 N–H and O–H groups in total. The predicted molar refractivity (Wildman–Crippen MR) is 77.8 cm³/mol. The number of nitrogens with zero attached hydrogens (tertiary/aromatic N) is 1. The van der Waals surface area contributed by atoms with Crippen LogP contribution in [0.4, 0.5) is 0 Å². The minimum absolute atomic E-state index is 0.521. The number of rotatable bonds is 5. The van der Waals surface area contributed by atoms with Gasteiger partial charge < -0.3 is 14.6 Å². The standard InChI is InChI=1S/C16H25NO3/c1-3-20-16(10-6-4-5-7-11-16)15(18)14-13(19-2)9-8-12-17-14/h8-9,12,15,18H,3-7,10-11H2,1-2H3. The van der Waals surface area contributed by atoms with Crippen molar-refractivity contribution >= 4 is 0 Å². The van der Waals surface area contributed by atoms with E-state index in [1.807, 2.05) is 19.1 Å². The summed E-state index contributed by atoms with van der Waals surface area (Å²) in [5.41, 5.74) is 0.0673. The number of aliphatic hydroxyl groups is 1. The minimum atomic E-state index is -0.739. The average Bonchev–Trinajstić information content (AvgIpc) is 2.73. The molecule has 1 aliphatic carbocycles. The van der Waals surface area contributed by atoms with Crippen LogP contribution in [0, 0.1) is 0 Å². The Morgan fingerprint density at radius 2 is 2.00 bits per heavy atom. The van der Waals surface area contributed by atoms with Gasteiger partial charge in [-0.15, -0.1) is 0 Å². The number of aliphatic hydroxyl groups excluding tert-OH is 1. The number of ether oxygens (including phenoxy) is 2. The van der Waals surface area contributed by atoms with Gasteiger partial charge in [0.1, 0.15) is 17.5 Å². The highest BCUT2D eigenvalue weighted by molar-refractivity contribution is 5.30. The molecule has 0 spiro atoms. The maximum atomic E-state index is 10.9. The molecular weight excluding hydrogens is 254 g/mol. The molecule has 0 aromatic carbocycles. The second-order valence-corrected chi connectivity index (χ2v) is 5.41. The fourth-order valence-electron chi connectivity index (χ4n) is 3.14. The number of aromatic nitrogens is 1. The van der Waals surface area contributed by atoms with Crippen LogP contribution in [0.15, 0.2) is 18.3 Å². The van der Waals surface area contributed by atoms with E-state index in [4.69, 9.17) is 9.47 Å². The smallest absolute Gasteiger partial charge is 0.143 e. The van der Waals surface area contributed by atoms with Crippen molar-refractivity contribution in [3.63, 3.8) is 0 Å². The molecule has 4 nitrogen and oxygen atoms in total. The number of hydrogen-bond donors (Lipinski definition) is 1. The first-order valence-electron chi connectivity index (χ1n) is 7.54. The van der Waals surface area contributed by atoms with Crippen molar-refractivity contribution in [3.8, 4) is 5.75 Å². The van der Waals surface area contributed by atoms with E-state index >= 15 is 0 Å². The van der Waals surface area contributed by atoms with Gasteiger partial charge in [0.15, 0.2) is 0 Å². The first-order valence-corrected chi connectivity index (χ1v) is 7.54. The number of pyridine rings is 1. The topological polar surface area (TPSA) is 51.6 Å². The zero-order valence-corrected chi connectivity index (χ0v) is 12.5. The Balaban J connectivity index is 2.32. The van der Waals surface area contributed by atoms with Crippen LogP contribution in [0.3, 0.4) is 0 Å². The zero-order valence-electron chi connectivity index (χ0n) is 12.5. The molecule has 1 aromatic heterocycles. The van der Waals surface area contributed by atoms with E-state index in [1.165, 1.54) is 12.8 Å². The molecule has 4 heteroatoms. The van der Waals surface area contributed by atoms with E-state index in [0.29, 0.717) is 18.1 Å². The average molecular weight is 279 g/mol. The van der Waals surface area contributed by atoms with E-state index < -0.39 is 11.7 Å². The maximum absolute atomic E-state index is 10.9. The lowest BCUT2D eigenvalue weighted by Crippen LogP contribution is -2.39. The van der Waals surface area contributed by atoms with Gasteiger partial charge in [-0.3, -0.25) is 4.98 Å². The van der Waals surface area contributed by atoms with E-state index in [-0.39, 0.29) is 0 Å². The van der Waals surface area contributed by atoms with Gasteiger partial charge in [-0.05, 0) is 31.9 Å². The summed E-state index contributed by atoms with van der Waals surface area (Å²) in [7, 11) is 1.60. The van der Waals surface area contributed by atoms with Crippen LogP contribution < -0.4 is 4.74 Å². The minimum Gasteiger partial charge on any atom is -0.495 e. The van der Waals surface area contributed by atoms with E-state index in [0.717, 1.165) is 25.7 Å². The highest BCUT2D eigenvalue weighted by Crippen LogP contribution is 2.42. The summed E-state index contributed by atoms with van der Waals surface area (Å²) < 4.78 is 11.4. The third-order valence-electron chi connectivity index (χ3n) is 4.16. The molecule has 0 radical (unpaired) electrons. The summed E-state index contributed by atoms with van der Waals surface area (Å²) >= 11 is 0. The summed E-state index contributed by atoms with van der Waals surface area (Å²) in [5.74, 6) is 0.628. The molecule has 0 aliphatic heterocycles. The van der Waals surface area contributed by atoms with Gasteiger partial charge in [0, 0.05) is 12.8 Å². The van der Waals surface area contributed by atoms with Crippen molar-refractivity contribution < 1.29 is 14.6 Å². The lowest BCUT2D eigenvalue weighted by molar-refractivity contribution is -0.133. The molecule has 0 saturated heterocycles. The molecule has 1 heterocycles. The van der Waals surface area contributed by atoms with Crippen molar-refractivity contribution in [2.24, 2.45) is 0 Å². The molecule has 112 valence electrons. The first-order chi connectivity index (χ1) is 9.73. The van der Waals surface area contributed by atoms with Gasteiger partial charge in [-0.2, -0.15) is 0 Å². The molecular formula is C16H25NO3. The van der Waals surface area contributed by atoms with Gasteiger partial charge in [0.25, 0.3) is 0 Å². The Labute approximate surface area is 121 Å². The largest absolute Gasteiger partial charge is 0.495 e. The van der Waals surface area contributed by atoms with Gasteiger partial charge >= 0.3 is 0 Å². The summed E-state index contributed by atoms with van der Waals surface area (Å²) in [6, 6.07) is 3.65. The third-order valence-corrected chi connectivity index (χ3v) is 4.16. The maximum Gasteiger partial charge on any atom is 0.143 e. The van der Waals surface area contributed by atoms with Crippen LogP contribution in [0.2, 0.25) is 0 Å². The molecule has 0 amide bonds. The Morgan fingerprint density at radius 3 is 2.60 bits per heavy atom. The van der Waals surface area contributed by atoms with Crippen molar-refractivity contribution in [2.45, 2.75) is 57.2 Å². The van der Waals surface area contributed by atoms with Crippen molar-refractivity contribution in [1.29, 1.82) is 0 Å². The number of hydrogen-bond acceptors (Lipinski definition) is 4. The molecule has 1 saturated carbocycles. The highest BCUT2D eigenvalue weighted by Gasteiger charge is 2.41. The van der Waals surface area contributed by atoms with Crippen LogP contribution in [0.5, 0.6) is 5.75 Å². The van der Waals surface area contributed by atoms with Crippen LogP contribution in [-0.2, 0) is 4.74 Å². The fraction of sp³-hybridized carbons (Fsp3) is 0.688. The Hall–Kier alpha value is -1.13. The molecule has 20 heavy (non-hydrogen) atoms. The van der Waals surface area contributed by atoms with Crippen molar-refractivity contribution in [2.75, 3.05) is 13.7 Å². The Morgan fingerprint density at radius 1 is 1.30 bits per heavy atom. The Kier molecular flexibility index (Phi) is 5.38. The van der Waals surface area contributed by atoms with Crippen LogP contribution in [-0.4, -0.2) is 29.4 Å². The van der Waals surface area contributed by atoms with Gasteiger partial charge in [0.05, 0.1) is 12.7 Å². The highest BCUT2D eigenvalue weighted by atomic mass is 16.5. The van der Waals surface area contributed by atoms with E-state index in [2.05, 4.69) is 4.98 Å². The van der Waals surface area contributed by atoms with Crippen molar-refractivity contribution in [1.82, 2.24) is 4.98 Å². The molecule has 2 rings (SSSR count). The third kappa shape index (κ3) is 3.13. The molecule has 1 atom stereocenters. The lowest BCUT2D eigenvalue weighted by Gasteiger charge is -2.37. The van der Waals surface area contributed by atoms with E-state index in [1.54, 1.807) is 13.3 Å². The van der Waals surface area contributed by atoms with Gasteiger partial charge in [-0.25, -0.2) is 0 Å². The summed E-state index contributed by atoms with van der Waals surface area (Å²) in [6.07, 6.45) is 7.30. The molecule has 0 bridgehead atoms. The molecule has 1 fully saturated rings. The normalized spacial score (nSPS) is 20.1. The van der Waals surface area contributed by atoms with Crippen LogP contribution >= 0.6 is 0 Å². The second-order valence-electron chi connectivity index (χ2n) is 5.41. The van der Waals surface area contributed by atoms with Gasteiger partial charge in [-0.1, -0.05) is 25.7 Å². The predicted octanol–water partition coefficient (Wildman–Crippen LogP) is 3.25. The molecule has 1 aromatic rings. The van der Waals surface area contributed by atoms with Crippen LogP contribution in [0.1, 0.15) is 57.2 Å². The summed E-state index contributed by atoms with van der Waals surface area (Å²) in [4.78, 5) is 4.33. The Bertz CT molecular complexity index is 414. The first kappa shape index (κ1) is 15.3. The summed E-state index contributed by atoms with van der Waals surface area (Å²) in [5, 5.41) is 10.9. The number of methoxy groups -OCH3 is 1. The fourth-order valence-corrected chi connectivity index (χ4v) is 3.14. The van der Waals surface area contributed by atoms with Crippen LogP contribution in [0.25, 0.3) is 0 Å². The van der Waals surface area contributed by atoms with Crippen molar-refractivity contribution in [3.05, 3.63) is 24.0 Å².